The van der Waals surface area contributed by atoms with Crippen LogP contribution in [0.5, 0.6) is 11.5 Å². The lowest BCUT2D eigenvalue weighted by atomic mass is 10.1. The number of aromatic carboxylic acids is 2. The summed E-state index contributed by atoms with van der Waals surface area (Å²) in [5, 5.41) is 18.7. The molecule has 0 aliphatic heterocycles. The van der Waals surface area contributed by atoms with Gasteiger partial charge in [-0.2, -0.15) is 0 Å². The van der Waals surface area contributed by atoms with E-state index in [-0.39, 0.29) is 16.9 Å². The van der Waals surface area contributed by atoms with Gasteiger partial charge in [-0.1, -0.05) is 11.6 Å². The molecule has 0 radical (unpaired) electrons. The van der Waals surface area contributed by atoms with Gasteiger partial charge in [-0.15, -0.1) is 0 Å². The fraction of sp³-hybridized carbons (Fsp3) is 0.125. The van der Waals surface area contributed by atoms with Gasteiger partial charge in [0.05, 0.1) is 11.1 Å². The second kappa shape index (κ2) is 6.07. The van der Waals surface area contributed by atoms with Crippen molar-refractivity contribution in [1.29, 1.82) is 0 Å². The van der Waals surface area contributed by atoms with Gasteiger partial charge in [0, 0.05) is 5.02 Å². The molecule has 2 rings (SSSR count). The Morgan fingerprint density at radius 3 is 2.00 bits per heavy atom. The van der Waals surface area contributed by atoms with Gasteiger partial charge in [-0.25, -0.2) is 9.59 Å². The summed E-state index contributed by atoms with van der Waals surface area (Å²) in [6.07, 6.45) is 0. The molecular weight excluding hydrogens is 308 g/mol. The van der Waals surface area contributed by atoms with E-state index >= 15 is 0 Å². The smallest absolute Gasteiger partial charge is 0.336 e. The van der Waals surface area contributed by atoms with Gasteiger partial charge in [0.2, 0.25) is 0 Å². The molecule has 5 nitrogen and oxygen atoms in total. The SMILES string of the molecule is Cc1cc(Cl)cc(C)c1Oc1ccc(C(=O)O)c(C(=O)O)c1. The van der Waals surface area contributed by atoms with Crippen LogP contribution in [-0.4, -0.2) is 22.2 Å². The molecule has 0 aliphatic rings. The molecule has 0 aliphatic carbocycles. The molecule has 0 aromatic heterocycles. The van der Waals surface area contributed by atoms with Crippen molar-refractivity contribution in [3.63, 3.8) is 0 Å². The highest BCUT2D eigenvalue weighted by Crippen LogP contribution is 2.32. The predicted octanol–water partition coefficient (Wildman–Crippen LogP) is 4.15. The van der Waals surface area contributed by atoms with E-state index in [9.17, 15) is 9.59 Å². The zero-order chi connectivity index (χ0) is 16.4. The van der Waals surface area contributed by atoms with E-state index in [2.05, 4.69) is 0 Å². The van der Waals surface area contributed by atoms with Crippen molar-refractivity contribution in [1.82, 2.24) is 0 Å². The third-order valence-electron chi connectivity index (χ3n) is 3.10. The molecular formula is C16H13ClO5. The number of hydrogen-bond acceptors (Lipinski definition) is 3. The van der Waals surface area contributed by atoms with Crippen LogP contribution in [0.3, 0.4) is 0 Å². The zero-order valence-electron chi connectivity index (χ0n) is 11.9. The summed E-state index contributed by atoms with van der Waals surface area (Å²) >= 11 is 5.95. The average molecular weight is 321 g/mol. The number of carbonyl (C=O) groups is 2. The Morgan fingerprint density at radius 1 is 0.955 bits per heavy atom. The Balaban J connectivity index is 2.45. The molecule has 0 spiro atoms. The van der Waals surface area contributed by atoms with Crippen LogP contribution >= 0.6 is 11.6 Å². The monoisotopic (exact) mass is 320 g/mol. The van der Waals surface area contributed by atoms with Crippen molar-refractivity contribution >= 4 is 23.5 Å². The van der Waals surface area contributed by atoms with Crippen LogP contribution in [0.2, 0.25) is 5.02 Å². The van der Waals surface area contributed by atoms with Crippen molar-refractivity contribution in [3.05, 3.63) is 57.6 Å². The Hall–Kier alpha value is -2.53. The molecule has 0 atom stereocenters. The highest BCUT2D eigenvalue weighted by atomic mass is 35.5. The van der Waals surface area contributed by atoms with Gasteiger partial charge < -0.3 is 14.9 Å². The molecule has 0 amide bonds. The van der Waals surface area contributed by atoms with Crippen molar-refractivity contribution in [3.8, 4) is 11.5 Å². The molecule has 0 unspecified atom stereocenters. The molecule has 0 fully saturated rings. The summed E-state index contributed by atoms with van der Waals surface area (Å²) < 4.78 is 5.71. The van der Waals surface area contributed by atoms with E-state index in [0.717, 1.165) is 11.1 Å². The van der Waals surface area contributed by atoms with E-state index in [4.69, 9.17) is 26.6 Å². The first kappa shape index (κ1) is 15.9. The number of carboxylic acids is 2. The number of carboxylic acid groups (broad SMARTS) is 2. The molecule has 6 heteroatoms. The normalized spacial score (nSPS) is 10.3. The minimum absolute atomic E-state index is 0.246. The largest absolute Gasteiger partial charge is 0.478 e. The second-order valence-corrected chi connectivity index (χ2v) is 5.22. The fourth-order valence-electron chi connectivity index (χ4n) is 2.13. The van der Waals surface area contributed by atoms with Crippen LogP contribution in [0.4, 0.5) is 0 Å². The average Bonchev–Trinajstić information content (AvgIpc) is 2.42. The van der Waals surface area contributed by atoms with E-state index in [1.54, 1.807) is 12.1 Å². The van der Waals surface area contributed by atoms with Crippen LogP contribution < -0.4 is 4.74 Å². The van der Waals surface area contributed by atoms with Crippen molar-refractivity contribution in [2.75, 3.05) is 0 Å². The predicted molar refractivity (Wildman–Crippen MR) is 81.4 cm³/mol. The molecule has 0 saturated carbocycles. The maximum atomic E-state index is 11.2. The number of benzene rings is 2. The molecule has 0 heterocycles. The molecule has 2 aromatic rings. The van der Waals surface area contributed by atoms with Crippen LogP contribution in [0.1, 0.15) is 31.8 Å². The van der Waals surface area contributed by atoms with E-state index in [1.807, 2.05) is 13.8 Å². The Bertz CT molecular complexity index is 744. The maximum Gasteiger partial charge on any atom is 0.336 e. The van der Waals surface area contributed by atoms with Crippen LogP contribution in [-0.2, 0) is 0 Å². The maximum absolute atomic E-state index is 11.2. The van der Waals surface area contributed by atoms with Gasteiger partial charge in [0.1, 0.15) is 11.5 Å². The zero-order valence-corrected chi connectivity index (χ0v) is 12.6. The van der Waals surface area contributed by atoms with E-state index in [0.29, 0.717) is 10.8 Å². The summed E-state index contributed by atoms with van der Waals surface area (Å²) in [5.41, 5.74) is 0.979. The Labute approximate surface area is 131 Å². The summed E-state index contributed by atoms with van der Waals surface area (Å²) in [5.74, 6) is -1.82. The van der Waals surface area contributed by atoms with Gasteiger partial charge >= 0.3 is 11.9 Å². The molecule has 0 bridgehead atoms. The van der Waals surface area contributed by atoms with Gasteiger partial charge in [0.15, 0.2) is 0 Å². The molecule has 114 valence electrons. The van der Waals surface area contributed by atoms with Crippen molar-refractivity contribution in [2.24, 2.45) is 0 Å². The Kier molecular flexibility index (Phi) is 4.37. The van der Waals surface area contributed by atoms with Crippen molar-refractivity contribution < 1.29 is 24.5 Å². The summed E-state index contributed by atoms with van der Waals surface area (Å²) in [6.45, 7) is 3.63. The Morgan fingerprint density at radius 2 is 1.50 bits per heavy atom. The highest BCUT2D eigenvalue weighted by Gasteiger charge is 2.17. The number of hydrogen-bond donors (Lipinski definition) is 2. The quantitative estimate of drug-likeness (QED) is 0.884. The first-order valence-electron chi connectivity index (χ1n) is 6.35. The van der Waals surface area contributed by atoms with Gasteiger partial charge in [-0.3, -0.25) is 0 Å². The van der Waals surface area contributed by atoms with E-state index in [1.165, 1.54) is 18.2 Å². The standard InChI is InChI=1S/C16H13ClO5/c1-8-5-10(17)6-9(2)14(8)22-11-3-4-12(15(18)19)13(7-11)16(20)21/h3-7H,1-2H3,(H,18,19)(H,20,21). The highest BCUT2D eigenvalue weighted by molar-refractivity contribution is 6.30. The number of rotatable bonds is 4. The lowest BCUT2D eigenvalue weighted by Gasteiger charge is -2.13. The summed E-state index contributed by atoms with van der Waals surface area (Å²) in [4.78, 5) is 22.2. The minimum Gasteiger partial charge on any atom is -0.478 e. The molecule has 22 heavy (non-hydrogen) atoms. The number of halogens is 1. The molecule has 2 N–H and O–H groups in total. The molecule has 0 saturated heterocycles. The second-order valence-electron chi connectivity index (χ2n) is 4.79. The third kappa shape index (κ3) is 3.20. The lowest BCUT2D eigenvalue weighted by molar-refractivity contribution is 0.0651. The summed E-state index contributed by atoms with van der Waals surface area (Å²) in [6, 6.07) is 7.28. The van der Waals surface area contributed by atoms with Crippen LogP contribution in [0.25, 0.3) is 0 Å². The topological polar surface area (TPSA) is 83.8 Å². The minimum atomic E-state index is -1.33. The molecule has 2 aromatic carbocycles. The third-order valence-corrected chi connectivity index (χ3v) is 3.32. The fourth-order valence-corrected chi connectivity index (χ4v) is 2.45. The van der Waals surface area contributed by atoms with Gasteiger partial charge in [-0.05, 0) is 55.3 Å². The van der Waals surface area contributed by atoms with Crippen LogP contribution in [0, 0.1) is 13.8 Å². The number of ether oxygens (including phenoxy) is 1. The van der Waals surface area contributed by atoms with E-state index < -0.39 is 11.9 Å². The first-order chi connectivity index (χ1) is 10.3. The number of aryl methyl sites for hydroxylation is 2. The summed E-state index contributed by atoms with van der Waals surface area (Å²) in [7, 11) is 0. The van der Waals surface area contributed by atoms with Crippen molar-refractivity contribution in [2.45, 2.75) is 13.8 Å². The van der Waals surface area contributed by atoms with Gasteiger partial charge in [0.25, 0.3) is 0 Å². The van der Waals surface area contributed by atoms with Crippen LogP contribution in [0.15, 0.2) is 30.3 Å². The lowest BCUT2D eigenvalue weighted by Crippen LogP contribution is -2.08. The first-order valence-corrected chi connectivity index (χ1v) is 6.72.